The molecule has 94 valence electrons. The van der Waals surface area contributed by atoms with Crippen molar-refractivity contribution in [3.63, 3.8) is 0 Å². The van der Waals surface area contributed by atoms with E-state index >= 15 is 0 Å². The van der Waals surface area contributed by atoms with Gasteiger partial charge >= 0.3 is 5.97 Å². The van der Waals surface area contributed by atoms with Crippen LogP contribution in [-0.4, -0.2) is 12.6 Å². The van der Waals surface area contributed by atoms with Gasteiger partial charge in [0.25, 0.3) is 0 Å². The summed E-state index contributed by atoms with van der Waals surface area (Å²) in [6.45, 7) is 5.99. The molecule has 1 saturated carbocycles. The van der Waals surface area contributed by atoms with Crippen LogP contribution in [0.5, 0.6) is 0 Å². The summed E-state index contributed by atoms with van der Waals surface area (Å²) in [6, 6.07) is 0. The molecule has 0 aliphatic heterocycles. The molecule has 0 bridgehead atoms. The highest BCUT2D eigenvalue weighted by atomic mass is 16.5. The molecule has 0 N–H and O–H groups in total. The van der Waals surface area contributed by atoms with E-state index in [1.54, 1.807) is 0 Å². The Bertz CT molecular complexity index is 325. The molecule has 2 nitrogen and oxygen atoms in total. The van der Waals surface area contributed by atoms with Crippen LogP contribution in [0.15, 0.2) is 29.5 Å². The average Bonchev–Trinajstić information content (AvgIpc) is 2.31. The highest BCUT2D eigenvalue weighted by molar-refractivity contribution is 5.72. The standard InChI is InChI=1S/C15H22O2/c1-3-8-14(12-15(16)17-4-2)11-13-9-6-5-7-10-13/h3H,1,4-10,12H2,2H3. The lowest BCUT2D eigenvalue weighted by Gasteiger charge is -2.11. The van der Waals surface area contributed by atoms with Crippen molar-refractivity contribution in [2.45, 2.75) is 51.9 Å². The lowest BCUT2D eigenvalue weighted by atomic mass is 9.94. The maximum Gasteiger partial charge on any atom is 0.310 e. The second-order valence-corrected chi connectivity index (χ2v) is 4.37. The van der Waals surface area contributed by atoms with Gasteiger partial charge in [-0.2, -0.15) is 0 Å². The Hall–Kier alpha value is -1.27. The highest BCUT2D eigenvalue weighted by Crippen LogP contribution is 2.23. The number of hydrogen-bond donors (Lipinski definition) is 0. The second-order valence-electron chi connectivity index (χ2n) is 4.37. The summed E-state index contributed by atoms with van der Waals surface area (Å²) >= 11 is 0. The van der Waals surface area contributed by atoms with Crippen LogP contribution in [0.2, 0.25) is 0 Å². The molecule has 0 radical (unpaired) electrons. The van der Waals surface area contributed by atoms with Gasteiger partial charge in [-0.05, 0) is 50.2 Å². The monoisotopic (exact) mass is 234 g/mol. The average molecular weight is 234 g/mol. The Labute approximate surface area is 104 Å². The molecule has 0 atom stereocenters. The van der Waals surface area contributed by atoms with Gasteiger partial charge in [-0.15, -0.1) is 12.3 Å². The number of ether oxygens (including phenoxy) is 1. The molecule has 17 heavy (non-hydrogen) atoms. The second kappa shape index (κ2) is 7.92. The number of carbonyl (C=O) groups is 1. The molecule has 1 fully saturated rings. The van der Waals surface area contributed by atoms with Crippen LogP contribution in [0.25, 0.3) is 0 Å². The smallest absolute Gasteiger partial charge is 0.310 e. The zero-order valence-electron chi connectivity index (χ0n) is 10.8. The van der Waals surface area contributed by atoms with Crippen LogP contribution in [0.3, 0.4) is 0 Å². The fourth-order valence-corrected chi connectivity index (χ4v) is 2.08. The van der Waals surface area contributed by atoms with Crippen molar-refractivity contribution in [1.82, 2.24) is 0 Å². The first-order valence-corrected chi connectivity index (χ1v) is 6.49. The number of rotatable bonds is 5. The van der Waals surface area contributed by atoms with Crippen molar-refractivity contribution in [3.05, 3.63) is 29.5 Å². The maximum atomic E-state index is 11.4. The van der Waals surface area contributed by atoms with Gasteiger partial charge < -0.3 is 4.74 Å². The van der Waals surface area contributed by atoms with Crippen molar-refractivity contribution >= 4 is 5.97 Å². The third-order valence-corrected chi connectivity index (χ3v) is 2.86. The minimum Gasteiger partial charge on any atom is -0.466 e. The van der Waals surface area contributed by atoms with E-state index < -0.39 is 0 Å². The normalized spacial score (nSPS) is 15.0. The van der Waals surface area contributed by atoms with Gasteiger partial charge in [-0.3, -0.25) is 4.79 Å². The summed E-state index contributed by atoms with van der Waals surface area (Å²) in [7, 11) is 0. The van der Waals surface area contributed by atoms with E-state index in [2.05, 4.69) is 12.3 Å². The third kappa shape index (κ3) is 5.55. The molecule has 0 amide bonds. The van der Waals surface area contributed by atoms with Crippen molar-refractivity contribution in [2.75, 3.05) is 6.61 Å². The molecule has 0 unspecified atom stereocenters. The predicted molar refractivity (Wildman–Crippen MR) is 69.7 cm³/mol. The molecule has 1 rings (SSSR count). The van der Waals surface area contributed by atoms with E-state index in [1.165, 1.54) is 24.8 Å². The van der Waals surface area contributed by atoms with Crippen LogP contribution in [0.1, 0.15) is 51.9 Å². The summed E-state index contributed by atoms with van der Waals surface area (Å²) in [5.74, 6) is -0.159. The molecule has 1 aliphatic rings. The molecule has 0 aromatic heterocycles. The van der Waals surface area contributed by atoms with E-state index in [-0.39, 0.29) is 5.97 Å². The first kappa shape index (κ1) is 13.8. The fourth-order valence-electron chi connectivity index (χ4n) is 2.08. The van der Waals surface area contributed by atoms with Crippen molar-refractivity contribution in [2.24, 2.45) is 0 Å². The maximum absolute atomic E-state index is 11.4. The van der Waals surface area contributed by atoms with E-state index in [0.717, 1.165) is 24.8 Å². The summed E-state index contributed by atoms with van der Waals surface area (Å²) in [5, 5.41) is 0. The van der Waals surface area contributed by atoms with Gasteiger partial charge in [-0.25, -0.2) is 0 Å². The van der Waals surface area contributed by atoms with E-state index in [9.17, 15) is 4.79 Å². The van der Waals surface area contributed by atoms with Crippen LogP contribution >= 0.6 is 0 Å². The summed E-state index contributed by atoms with van der Waals surface area (Å²) < 4.78 is 4.96. The van der Waals surface area contributed by atoms with Crippen molar-refractivity contribution in [1.29, 1.82) is 0 Å². The van der Waals surface area contributed by atoms with Crippen LogP contribution in [-0.2, 0) is 9.53 Å². The molecule has 0 aromatic rings. The predicted octanol–water partition coefficient (Wildman–Crippen LogP) is 3.93. The summed E-state index contributed by atoms with van der Waals surface area (Å²) in [6.07, 6.45) is 8.98. The van der Waals surface area contributed by atoms with Gasteiger partial charge in [0.1, 0.15) is 0 Å². The highest BCUT2D eigenvalue weighted by Gasteiger charge is 2.08. The Morgan fingerprint density at radius 2 is 2.12 bits per heavy atom. The largest absolute Gasteiger partial charge is 0.466 e. The molecule has 2 heteroatoms. The molecule has 0 aromatic carbocycles. The molecule has 0 saturated heterocycles. The Morgan fingerprint density at radius 3 is 2.71 bits per heavy atom. The summed E-state index contributed by atoms with van der Waals surface area (Å²) in [4.78, 5) is 11.4. The van der Waals surface area contributed by atoms with Gasteiger partial charge in [0.05, 0.1) is 13.0 Å². The number of carbonyl (C=O) groups excluding carboxylic acids is 1. The zero-order chi connectivity index (χ0) is 12.5. The van der Waals surface area contributed by atoms with Gasteiger partial charge in [0.2, 0.25) is 0 Å². The van der Waals surface area contributed by atoms with Gasteiger partial charge in [0, 0.05) is 0 Å². The topological polar surface area (TPSA) is 26.3 Å². The molecular weight excluding hydrogens is 212 g/mol. The Morgan fingerprint density at radius 1 is 1.41 bits per heavy atom. The van der Waals surface area contributed by atoms with Crippen LogP contribution < -0.4 is 0 Å². The van der Waals surface area contributed by atoms with E-state index in [1.807, 2.05) is 13.0 Å². The number of hydrogen-bond acceptors (Lipinski definition) is 2. The minimum atomic E-state index is -0.159. The van der Waals surface area contributed by atoms with Gasteiger partial charge in [0.15, 0.2) is 0 Å². The SMILES string of the molecule is C=CCC(=C=C1CCCCC1)CC(=O)OCC. The first-order valence-electron chi connectivity index (χ1n) is 6.49. The Balaban J connectivity index is 2.72. The number of allylic oxidation sites excluding steroid dienone is 1. The van der Waals surface area contributed by atoms with E-state index in [4.69, 9.17) is 4.74 Å². The fraction of sp³-hybridized carbons (Fsp3) is 0.600. The van der Waals surface area contributed by atoms with Crippen LogP contribution in [0, 0.1) is 0 Å². The molecular formula is C15H22O2. The minimum absolute atomic E-state index is 0.159. The third-order valence-electron chi connectivity index (χ3n) is 2.86. The lowest BCUT2D eigenvalue weighted by Crippen LogP contribution is -2.04. The zero-order valence-corrected chi connectivity index (χ0v) is 10.8. The van der Waals surface area contributed by atoms with Gasteiger partial charge in [-0.1, -0.05) is 12.5 Å². The molecule has 0 heterocycles. The quantitative estimate of drug-likeness (QED) is 0.409. The summed E-state index contributed by atoms with van der Waals surface area (Å²) in [5.41, 5.74) is 5.78. The number of esters is 1. The van der Waals surface area contributed by atoms with Crippen molar-refractivity contribution in [3.8, 4) is 0 Å². The molecule has 1 aliphatic carbocycles. The van der Waals surface area contributed by atoms with E-state index in [0.29, 0.717) is 13.0 Å². The van der Waals surface area contributed by atoms with Crippen LogP contribution in [0.4, 0.5) is 0 Å². The lowest BCUT2D eigenvalue weighted by molar-refractivity contribution is -0.142. The molecule has 0 spiro atoms. The first-order chi connectivity index (χ1) is 8.26. The Kier molecular flexibility index (Phi) is 6.42. The van der Waals surface area contributed by atoms with Crippen molar-refractivity contribution < 1.29 is 9.53 Å².